The highest BCUT2D eigenvalue weighted by Crippen LogP contribution is 2.39. The third kappa shape index (κ3) is 2.58. The van der Waals surface area contributed by atoms with E-state index in [1.54, 1.807) is 11.3 Å². The summed E-state index contributed by atoms with van der Waals surface area (Å²) in [6, 6.07) is 8.78. The third-order valence-electron chi connectivity index (χ3n) is 3.54. The Labute approximate surface area is 116 Å². The second-order valence-corrected chi connectivity index (χ2v) is 5.87. The van der Waals surface area contributed by atoms with Gasteiger partial charge in [-0.1, -0.05) is 29.8 Å². The van der Waals surface area contributed by atoms with Gasteiger partial charge in [-0.15, -0.1) is 11.3 Å². The van der Waals surface area contributed by atoms with E-state index in [0.29, 0.717) is 12.0 Å². The molecule has 0 spiro atoms. The van der Waals surface area contributed by atoms with Crippen LogP contribution in [0.4, 0.5) is 0 Å². The lowest BCUT2D eigenvalue weighted by Gasteiger charge is -2.36. The molecule has 1 N–H and O–H groups in total. The van der Waals surface area contributed by atoms with Gasteiger partial charge >= 0.3 is 0 Å². The zero-order valence-electron chi connectivity index (χ0n) is 9.97. The molecule has 1 saturated carbocycles. The maximum Gasteiger partial charge on any atom is 0.0795 e. The van der Waals surface area contributed by atoms with Crippen molar-refractivity contribution in [3.05, 3.63) is 51.4 Å². The smallest absolute Gasteiger partial charge is 0.0795 e. The van der Waals surface area contributed by atoms with Gasteiger partial charge in [0.2, 0.25) is 0 Å². The van der Waals surface area contributed by atoms with Crippen molar-refractivity contribution >= 4 is 22.9 Å². The lowest BCUT2D eigenvalue weighted by atomic mass is 9.76. The summed E-state index contributed by atoms with van der Waals surface area (Å²) in [6.45, 7) is 0.878. The van der Waals surface area contributed by atoms with Gasteiger partial charge in [0, 0.05) is 23.0 Å². The predicted molar refractivity (Wildman–Crippen MR) is 76.2 cm³/mol. The molecule has 3 rings (SSSR count). The quantitative estimate of drug-likeness (QED) is 0.919. The zero-order valence-corrected chi connectivity index (χ0v) is 11.5. The van der Waals surface area contributed by atoms with E-state index in [-0.39, 0.29) is 0 Å². The molecule has 18 heavy (non-hydrogen) atoms. The molecule has 0 bridgehead atoms. The molecule has 94 valence electrons. The van der Waals surface area contributed by atoms with E-state index in [4.69, 9.17) is 11.6 Å². The molecule has 2 nitrogen and oxygen atoms in total. The van der Waals surface area contributed by atoms with Gasteiger partial charge in [-0.2, -0.15) is 0 Å². The normalized spacial score (nSPS) is 22.7. The molecule has 0 amide bonds. The monoisotopic (exact) mass is 278 g/mol. The molecule has 0 unspecified atom stereocenters. The van der Waals surface area contributed by atoms with Crippen LogP contribution in [0.25, 0.3) is 0 Å². The minimum Gasteiger partial charge on any atom is -0.308 e. The zero-order chi connectivity index (χ0) is 12.4. The molecule has 4 heteroatoms. The lowest BCUT2D eigenvalue weighted by molar-refractivity contribution is 0.289. The Morgan fingerprint density at radius 3 is 2.89 bits per heavy atom. The fraction of sp³-hybridized carbons (Fsp3) is 0.357. The summed E-state index contributed by atoms with van der Waals surface area (Å²) in [4.78, 5) is 4.27. The Kier molecular flexibility index (Phi) is 3.64. The lowest BCUT2D eigenvalue weighted by Crippen LogP contribution is -2.39. The second kappa shape index (κ2) is 5.39. The summed E-state index contributed by atoms with van der Waals surface area (Å²) in [7, 11) is 0. The Morgan fingerprint density at radius 2 is 2.17 bits per heavy atom. The van der Waals surface area contributed by atoms with Crippen molar-refractivity contribution in [1.82, 2.24) is 10.3 Å². The number of rotatable bonds is 4. The maximum absolute atomic E-state index is 6.21. The molecule has 1 aliphatic rings. The van der Waals surface area contributed by atoms with E-state index in [1.165, 1.54) is 18.4 Å². The highest BCUT2D eigenvalue weighted by molar-refractivity contribution is 7.07. The number of nitrogens with zero attached hydrogens (tertiary/aromatic N) is 1. The van der Waals surface area contributed by atoms with Gasteiger partial charge in [-0.25, -0.2) is 4.98 Å². The fourth-order valence-corrected chi connectivity index (χ4v) is 3.27. The van der Waals surface area contributed by atoms with Crippen LogP contribution in [0.15, 0.2) is 35.2 Å². The Bertz CT molecular complexity index is 506. The SMILES string of the molecule is Clc1ccccc1C1CC(NCc2cscn2)C1. The van der Waals surface area contributed by atoms with Gasteiger partial charge in [-0.05, 0) is 30.4 Å². The van der Waals surface area contributed by atoms with Crippen molar-refractivity contribution in [1.29, 1.82) is 0 Å². The Morgan fingerprint density at radius 1 is 1.33 bits per heavy atom. The summed E-state index contributed by atoms with van der Waals surface area (Å²) in [5.74, 6) is 0.617. The molecule has 0 atom stereocenters. The van der Waals surface area contributed by atoms with E-state index < -0.39 is 0 Å². The molecule has 0 aliphatic heterocycles. The Balaban J connectivity index is 1.50. The summed E-state index contributed by atoms with van der Waals surface area (Å²) in [5.41, 5.74) is 4.32. The number of aromatic nitrogens is 1. The van der Waals surface area contributed by atoms with E-state index in [2.05, 4.69) is 27.8 Å². The molecule has 1 fully saturated rings. The average molecular weight is 279 g/mol. The van der Waals surface area contributed by atoms with E-state index in [1.807, 2.05) is 17.6 Å². The highest BCUT2D eigenvalue weighted by Gasteiger charge is 2.30. The predicted octanol–water partition coefficient (Wildman–Crippen LogP) is 3.83. The van der Waals surface area contributed by atoms with Crippen molar-refractivity contribution in [2.75, 3.05) is 0 Å². The van der Waals surface area contributed by atoms with E-state index in [0.717, 1.165) is 17.3 Å². The summed E-state index contributed by atoms with van der Waals surface area (Å²) in [6.07, 6.45) is 2.35. The molecule has 0 saturated heterocycles. The summed E-state index contributed by atoms with van der Waals surface area (Å²) in [5, 5.41) is 6.54. The van der Waals surface area contributed by atoms with Crippen LogP contribution in [0, 0.1) is 0 Å². The van der Waals surface area contributed by atoms with Crippen molar-refractivity contribution in [3.8, 4) is 0 Å². The molecule has 1 aromatic heterocycles. The van der Waals surface area contributed by atoms with Crippen LogP contribution in [-0.4, -0.2) is 11.0 Å². The maximum atomic E-state index is 6.21. The first kappa shape index (κ1) is 12.2. The molecule has 2 aromatic rings. The van der Waals surface area contributed by atoms with Gasteiger partial charge in [0.25, 0.3) is 0 Å². The van der Waals surface area contributed by atoms with Crippen LogP contribution in [-0.2, 0) is 6.54 Å². The number of hydrogen-bond donors (Lipinski definition) is 1. The van der Waals surface area contributed by atoms with Crippen LogP contribution in [0.5, 0.6) is 0 Å². The van der Waals surface area contributed by atoms with Gasteiger partial charge in [0.05, 0.1) is 11.2 Å². The van der Waals surface area contributed by atoms with Crippen molar-refractivity contribution in [3.63, 3.8) is 0 Å². The van der Waals surface area contributed by atoms with Crippen LogP contribution in [0.2, 0.25) is 5.02 Å². The highest BCUT2D eigenvalue weighted by atomic mass is 35.5. The Hall–Kier alpha value is -0.900. The minimum atomic E-state index is 0.605. The molecule has 1 heterocycles. The number of nitrogens with one attached hydrogen (secondary N) is 1. The first-order valence-corrected chi connectivity index (χ1v) is 7.50. The molecule has 1 aromatic carbocycles. The van der Waals surface area contributed by atoms with Gasteiger partial charge in [0.1, 0.15) is 0 Å². The summed E-state index contributed by atoms with van der Waals surface area (Å²) >= 11 is 7.86. The van der Waals surface area contributed by atoms with E-state index in [9.17, 15) is 0 Å². The fourth-order valence-electron chi connectivity index (χ4n) is 2.42. The topological polar surface area (TPSA) is 24.9 Å². The molecule has 1 aliphatic carbocycles. The average Bonchev–Trinajstić information content (AvgIpc) is 2.82. The molecular formula is C14H15ClN2S. The van der Waals surface area contributed by atoms with Gasteiger partial charge in [0.15, 0.2) is 0 Å². The standard InChI is InChI=1S/C14H15ClN2S/c15-14-4-2-1-3-13(14)10-5-11(6-10)16-7-12-8-18-9-17-12/h1-4,8-11,16H,5-7H2. The first-order valence-electron chi connectivity index (χ1n) is 6.18. The second-order valence-electron chi connectivity index (χ2n) is 4.75. The largest absolute Gasteiger partial charge is 0.308 e. The number of halogens is 1. The minimum absolute atomic E-state index is 0.605. The van der Waals surface area contributed by atoms with Crippen LogP contribution in [0.3, 0.4) is 0 Å². The van der Waals surface area contributed by atoms with Crippen molar-refractivity contribution < 1.29 is 0 Å². The van der Waals surface area contributed by atoms with Crippen LogP contribution < -0.4 is 5.32 Å². The van der Waals surface area contributed by atoms with Gasteiger partial charge in [-0.3, -0.25) is 0 Å². The van der Waals surface area contributed by atoms with E-state index >= 15 is 0 Å². The van der Waals surface area contributed by atoms with Crippen LogP contribution in [0.1, 0.15) is 30.0 Å². The third-order valence-corrected chi connectivity index (χ3v) is 4.52. The first-order chi connectivity index (χ1) is 8.83. The van der Waals surface area contributed by atoms with Crippen LogP contribution >= 0.6 is 22.9 Å². The number of hydrogen-bond acceptors (Lipinski definition) is 3. The number of benzene rings is 1. The van der Waals surface area contributed by atoms with Gasteiger partial charge < -0.3 is 5.32 Å². The summed E-state index contributed by atoms with van der Waals surface area (Å²) < 4.78 is 0. The van der Waals surface area contributed by atoms with Crippen molar-refractivity contribution in [2.45, 2.75) is 31.3 Å². The van der Waals surface area contributed by atoms with Crippen molar-refractivity contribution in [2.24, 2.45) is 0 Å². The molecular weight excluding hydrogens is 264 g/mol. The molecule has 0 radical (unpaired) electrons. The number of thiazole rings is 1.